The van der Waals surface area contributed by atoms with Crippen LogP contribution in [-0.2, 0) is 18.9 Å². The molecule has 32 heavy (non-hydrogen) atoms. The number of pyridine rings is 1. The Balaban J connectivity index is 0.000000312. The van der Waals surface area contributed by atoms with Crippen molar-refractivity contribution < 1.29 is 18.9 Å². The third-order valence-electron chi connectivity index (χ3n) is 5.20. The highest BCUT2D eigenvalue weighted by Gasteiger charge is 2.23. The van der Waals surface area contributed by atoms with Crippen molar-refractivity contribution in [2.24, 2.45) is 4.99 Å². The molecule has 1 aromatic carbocycles. The summed E-state index contributed by atoms with van der Waals surface area (Å²) < 4.78 is 21.4. The van der Waals surface area contributed by atoms with Gasteiger partial charge in [0.25, 0.3) is 0 Å². The van der Waals surface area contributed by atoms with Crippen LogP contribution in [0.15, 0.2) is 53.7 Å². The minimum Gasteiger partial charge on any atom is -0.372 e. The first-order valence-electron chi connectivity index (χ1n) is 11.5. The molecule has 7 nitrogen and oxygen atoms in total. The number of rotatable bonds is 9. The fourth-order valence-electron chi connectivity index (χ4n) is 3.74. The number of aromatic nitrogens is 1. The Labute approximate surface area is 191 Å². The smallest absolute Gasteiger partial charge is 0.184 e. The molecule has 2 aliphatic heterocycles. The zero-order valence-electron chi connectivity index (χ0n) is 19.3. The lowest BCUT2D eigenvalue weighted by molar-refractivity contribution is -0.123. The van der Waals surface area contributed by atoms with Crippen molar-refractivity contribution >= 4 is 5.84 Å². The number of nitrogens with one attached hydrogen (secondary N) is 1. The van der Waals surface area contributed by atoms with Crippen LogP contribution in [-0.4, -0.2) is 56.6 Å². The molecule has 0 aliphatic carbocycles. The Morgan fingerprint density at radius 1 is 1.06 bits per heavy atom. The van der Waals surface area contributed by atoms with Crippen LogP contribution in [0.25, 0.3) is 0 Å². The molecule has 2 aliphatic rings. The fourth-order valence-corrected chi connectivity index (χ4v) is 3.74. The van der Waals surface area contributed by atoms with Gasteiger partial charge in [-0.1, -0.05) is 30.3 Å². The molecule has 0 saturated carbocycles. The minimum atomic E-state index is -0.253. The first-order chi connectivity index (χ1) is 15.7. The van der Waals surface area contributed by atoms with Crippen LogP contribution < -0.4 is 5.32 Å². The molecule has 1 aromatic heterocycles. The van der Waals surface area contributed by atoms with Gasteiger partial charge in [-0.15, -0.1) is 0 Å². The molecular formula is C25H35N3O4. The molecule has 1 saturated heterocycles. The molecular weight excluding hydrogens is 406 g/mol. The van der Waals surface area contributed by atoms with E-state index >= 15 is 0 Å². The van der Waals surface area contributed by atoms with Crippen LogP contribution in [0.5, 0.6) is 0 Å². The van der Waals surface area contributed by atoms with Gasteiger partial charge in [-0.3, -0.25) is 9.98 Å². The summed E-state index contributed by atoms with van der Waals surface area (Å²) in [4.78, 5) is 9.13. The molecule has 7 heteroatoms. The molecule has 2 aromatic rings. The van der Waals surface area contributed by atoms with E-state index in [9.17, 15) is 0 Å². The van der Waals surface area contributed by atoms with Crippen molar-refractivity contribution in [3.05, 3.63) is 65.5 Å². The zero-order chi connectivity index (χ0) is 22.6. The number of benzene rings is 1. The Bertz CT molecular complexity index is 819. The molecule has 3 heterocycles. The Kier molecular flexibility index (Phi) is 10.1. The van der Waals surface area contributed by atoms with Gasteiger partial charge in [0.15, 0.2) is 12.6 Å². The lowest BCUT2D eigenvalue weighted by Crippen LogP contribution is -2.21. The molecule has 4 rings (SSSR count). The fraction of sp³-hybridized carbons (Fsp3) is 0.520. The second-order valence-electron chi connectivity index (χ2n) is 7.49. The molecule has 0 spiro atoms. The SMILES string of the molecule is CCOC(C)OCC.c1ccc(C(CC2=NCCN2)c2cccc(C3OCCO3)c2)nc1. The maximum atomic E-state index is 5.64. The second kappa shape index (κ2) is 13.3. The Morgan fingerprint density at radius 3 is 2.47 bits per heavy atom. The molecule has 1 unspecified atom stereocenters. The molecule has 1 N–H and O–H groups in total. The molecule has 1 atom stereocenters. The van der Waals surface area contributed by atoms with Gasteiger partial charge >= 0.3 is 0 Å². The third-order valence-corrected chi connectivity index (χ3v) is 5.20. The monoisotopic (exact) mass is 441 g/mol. The highest BCUT2D eigenvalue weighted by molar-refractivity contribution is 5.84. The summed E-state index contributed by atoms with van der Waals surface area (Å²) >= 11 is 0. The van der Waals surface area contributed by atoms with Crippen molar-refractivity contribution in [2.75, 3.05) is 39.5 Å². The van der Waals surface area contributed by atoms with E-state index in [-0.39, 0.29) is 18.5 Å². The zero-order valence-corrected chi connectivity index (χ0v) is 19.3. The van der Waals surface area contributed by atoms with E-state index in [4.69, 9.17) is 18.9 Å². The standard InChI is InChI=1S/C19H21N3O2.C6H14O2/c1-2-7-20-17(6-1)16(13-18-21-8-9-22-18)14-4-3-5-15(12-14)19-23-10-11-24-19;1-4-7-6(3)8-5-2/h1-7,12,16,19H,8-11,13H2,(H,21,22);6H,4-5H2,1-3H3. The maximum absolute atomic E-state index is 5.64. The van der Waals surface area contributed by atoms with Gasteiger partial charge in [-0.25, -0.2) is 0 Å². The average molecular weight is 442 g/mol. The van der Waals surface area contributed by atoms with E-state index < -0.39 is 0 Å². The predicted molar refractivity (Wildman–Crippen MR) is 125 cm³/mol. The molecule has 174 valence electrons. The van der Waals surface area contributed by atoms with E-state index in [1.54, 1.807) is 0 Å². The summed E-state index contributed by atoms with van der Waals surface area (Å²) in [6.45, 7) is 10.3. The van der Waals surface area contributed by atoms with Crippen molar-refractivity contribution in [1.29, 1.82) is 0 Å². The number of nitrogens with zero attached hydrogens (tertiary/aromatic N) is 2. The summed E-state index contributed by atoms with van der Waals surface area (Å²) in [6.07, 6.45) is 2.38. The normalized spacial score (nSPS) is 16.9. The lowest BCUT2D eigenvalue weighted by atomic mass is 9.90. The summed E-state index contributed by atoms with van der Waals surface area (Å²) in [7, 11) is 0. The highest BCUT2D eigenvalue weighted by atomic mass is 16.7. The number of hydrogen-bond acceptors (Lipinski definition) is 7. The first-order valence-corrected chi connectivity index (χ1v) is 11.5. The van der Waals surface area contributed by atoms with Crippen LogP contribution in [0.4, 0.5) is 0 Å². The number of hydrogen-bond donors (Lipinski definition) is 1. The van der Waals surface area contributed by atoms with Crippen molar-refractivity contribution in [2.45, 2.75) is 45.7 Å². The van der Waals surface area contributed by atoms with Gasteiger partial charge in [0.2, 0.25) is 0 Å². The van der Waals surface area contributed by atoms with E-state index in [1.165, 1.54) is 5.56 Å². The molecule has 0 bridgehead atoms. The van der Waals surface area contributed by atoms with Gasteiger partial charge < -0.3 is 24.3 Å². The van der Waals surface area contributed by atoms with Gasteiger partial charge in [0, 0.05) is 49.6 Å². The summed E-state index contributed by atoms with van der Waals surface area (Å²) in [5.74, 6) is 1.22. The first kappa shape index (κ1) is 24.3. The van der Waals surface area contributed by atoms with Crippen LogP contribution in [0.1, 0.15) is 56.2 Å². The summed E-state index contributed by atoms with van der Waals surface area (Å²) in [6, 6.07) is 14.5. The quantitative estimate of drug-likeness (QED) is 0.592. The van der Waals surface area contributed by atoms with Gasteiger partial charge in [-0.05, 0) is 38.5 Å². The van der Waals surface area contributed by atoms with Crippen LogP contribution in [0, 0.1) is 0 Å². The third kappa shape index (κ3) is 7.38. The Morgan fingerprint density at radius 2 is 1.84 bits per heavy atom. The number of ether oxygens (including phenoxy) is 4. The van der Waals surface area contributed by atoms with Crippen LogP contribution >= 0.6 is 0 Å². The lowest BCUT2D eigenvalue weighted by Gasteiger charge is -2.19. The minimum absolute atomic E-state index is 0.0370. The van der Waals surface area contributed by atoms with E-state index in [2.05, 4.69) is 45.6 Å². The average Bonchev–Trinajstić information content (AvgIpc) is 3.54. The Hall–Kier alpha value is -2.32. The predicted octanol–water partition coefficient (Wildman–Crippen LogP) is 4.06. The number of amidine groups is 1. The van der Waals surface area contributed by atoms with Crippen molar-refractivity contribution in [3.8, 4) is 0 Å². The van der Waals surface area contributed by atoms with Gasteiger partial charge in [-0.2, -0.15) is 0 Å². The topological polar surface area (TPSA) is 74.2 Å². The molecule has 0 amide bonds. The molecule has 0 radical (unpaired) electrons. The van der Waals surface area contributed by atoms with Crippen molar-refractivity contribution in [3.63, 3.8) is 0 Å². The maximum Gasteiger partial charge on any atom is 0.184 e. The van der Waals surface area contributed by atoms with Gasteiger partial charge in [0.1, 0.15) is 0 Å². The summed E-state index contributed by atoms with van der Waals surface area (Å²) in [5.41, 5.74) is 3.33. The number of aliphatic imine (C=N–C) groups is 1. The summed E-state index contributed by atoms with van der Waals surface area (Å²) in [5, 5.41) is 3.37. The van der Waals surface area contributed by atoms with E-state index in [0.29, 0.717) is 13.2 Å². The van der Waals surface area contributed by atoms with E-state index in [1.807, 2.05) is 39.1 Å². The highest BCUT2D eigenvalue weighted by Crippen LogP contribution is 2.31. The van der Waals surface area contributed by atoms with Crippen LogP contribution in [0.3, 0.4) is 0 Å². The molecule has 1 fully saturated rings. The van der Waals surface area contributed by atoms with Crippen LogP contribution in [0.2, 0.25) is 0 Å². The van der Waals surface area contributed by atoms with Gasteiger partial charge in [0.05, 0.1) is 25.6 Å². The second-order valence-corrected chi connectivity index (χ2v) is 7.49. The van der Waals surface area contributed by atoms with E-state index in [0.717, 1.165) is 49.8 Å². The van der Waals surface area contributed by atoms with Crippen molar-refractivity contribution in [1.82, 2.24) is 10.3 Å². The largest absolute Gasteiger partial charge is 0.372 e.